The Morgan fingerprint density at radius 2 is 2.10 bits per heavy atom. The average Bonchev–Trinajstić information content (AvgIpc) is 3.10. The van der Waals surface area contributed by atoms with Crippen LogP contribution in [0.1, 0.15) is 71.3 Å². The molecule has 2 heterocycles. The van der Waals surface area contributed by atoms with E-state index in [1.165, 1.54) is 28.7 Å². The van der Waals surface area contributed by atoms with Gasteiger partial charge < -0.3 is 9.84 Å². The number of thiophene rings is 1. The number of carbonyl (C=O) groups is 1. The first-order valence-electron chi connectivity index (χ1n) is 10.8. The molecule has 3 aromatic rings. The van der Waals surface area contributed by atoms with E-state index in [9.17, 15) is 9.90 Å². The number of aliphatic carboxylic acids is 1. The first kappa shape index (κ1) is 20.9. The Labute approximate surface area is 181 Å². The van der Waals surface area contributed by atoms with E-state index >= 15 is 0 Å². The molecule has 5 heteroatoms. The fourth-order valence-corrected chi connectivity index (χ4v) is 6.16. The fraction of sp³-hybridized carbons (Fsp3) is 0.440. The van der Waals surface area contributed by atoms with E-state index in [2.05, 4.69) is 12.1 Å². The molecule has 1 aliphatic rings. The van der Waals surface area contributed by atoms with Gasteiger partial charge in [0, 0.05) is 16.0 Å². The standard InChI is InChI=1S/C25H29NO3S/c1-4-8-19(25(27)28)22-15(2)26-24-23(18-11-5-6-12-21(18)30-24)20(22)14-16-9-7-10-17(13-16)29-3/h7,9-10,13,19H,4-6,8,11-12,14H2,1-3H3,(H,27,28). The van der Waals surface area contributed by atoms with Crippen LogP contribution in [0.3, 0.4) is 0 Å². The molecular weight excluding hydrogens is 394 g/mol. The molecule has 4 nitrogen and oxygen atoms in total. The third-order valence-electron chi connectivity index (χ3n) is 6.18. The van der Waals surface area contributed by atoms with Crippen LogP contribution >= 0.6 is 11.3 Å². The van der Waals surface area contributed by atoms with Crippen molar-refractivity contribution in [1.29, 1.82) is 0 Å². The zero-order chi connectivity index (χ0) is 21.3. The molecule has 1 aliphatic carbocycles. The van der Waals surface area contributed by atoms with Crippen LogP contribution in [0.15, 0.2) is 24.3 Å². The third-order valence-corrected chi connectivity index (χ3v) is 7.36. The first-order valence-corrected chi connectivity index (χ1v) is 11.6. The molecular formula is C25H29NO3S. The molecule has 0 fully saturated rings. The minimum Gasteiger partial charge on any atom is -0.497 e. The Bertz CT molecular complexity index is 1090. The van der Waals surface area contributed by atoms with E-state index in [0.717, 1.165) is 52.2 Å². The second kappa shape index (κ2) is 8.76. The van der Waals surface area contributed by atoms with E-state index < -0.39 is 11.9 Å². The van der Waals surface area contributed by atoms with Crippen LogP contribution in [0.2, 0.25) is 0 Å². The van der Waals surface area contributed by atoms with Gasteiger partial charge in [-0.1, -0.05) is 25.5 Å². The lowest BCUT2D eigenvalue weighted by Crippen LogP contribution is -2.17. The van der Waals surface area contributed by atoms with Crippen molar-refractivity contribution in [3.8, 4) is 5.75 Å². The topological polar surface area (TPSA) is 59.4 Å². The number of benzene rings is 1. The van der Waals surface area contributed by atoms with Crippen LogP contribution in [0, 0.1) is 6.92 Å². The molecule has 2 aromatic heterocycles. The van der Waals surface area contributed by atoms with Crippen molar-refractivity contribution in [2.75, 3.05) is 7.11 Å². The number of aryl methyl sites for hydroxylation is 3. The summed E-state index contributed by atoms with van der Waals surface area (Å²) in [6, 6.07) is 8.10. The monoisotopic (exact) mass is 423 g/mol. The number of ether oxygens (including phenoxy) is 1. The molecule has 158 valence electrons. The lowest BCUT2D eigenvalue weighted by Gasteiger charge is -2.21. The molecule has 1 atom stereocenters. The Morgan fingerprint density at radius 1 is 1.30 bits per heavy atom. The number of hydrogen-bond donors (Lipinski definition) is 1. The average molecular weight is 424 g/mol. The summed E-state index contributed by atoms with van der Waals surface area (Å²) in [4.78, 5) is 19.7. The fourth-order valence-electron chi connectivity index (χ4n) is 4.82. The summed E-state index contributed by atoms with van der Waals surface area (Å²) in [6.45, 7) is 4.03. The molecule has 0 amide bonds. The molecule has 0 saturated heterocycles. The number of carboxylic acid groups (broad SMARTS) is 1. The lowest BCUT2D eigenvalue weighted by atomic mass is 9.84. The van der Waals surface area contributed by atoms with Crippen LogP contribution in [0.5, 0.6) is 5.75 Å². The minimum absolute atomic E-state index is 0.522. The number of nitrogens with zero attached hydrogens (tertiary/aromatic N) is 1. The van der Waals surface area contributed by atoms with Crippen molar-refractivity contribution in [3.63, 3.8) is 0 Å². The molecule has 1 unspecified atom stereocenters. The van der Waals surface area contributed by atoms with E-state index in [1.807, 2.05) is 26.0 Å². The second-order valence-electron chi connectivity index (χ2n) is 8.19. The number of carboxylic acids is 1. The van der Waals surface area contributed by atoms with Gasteiger partial charge in [0.25, 0.3) is 0 Å². The Balaban J connectivity index is 1.97. The maximum atomic E-state index is 12.3. The molecule has 4 rings (SSSR count). The van der Waals surface area contributed by atoms with Crippen LogP contribution in [0.25, 0.3) is 10.2 Å². The Kier molecular flexibility index (Phi) is 6.09. The van der Waals surface area contributed by atoms with Crippen molar-refractivity contribution in [2.45, 2.75) is 64.7 Å². The van der Waals surface area contributed by atoms with E-state index in [1.54, 1.807) is 18.4 Å². The van der Waals surface area contributed by atoms with E-state index in [-0.39, 0.29) is 0 Å². The zero-order valence-electron chi connectivity index (χ0n) is 18.0. The SMILES string of the molecule is CCCC(C(=O)O)c1c(C)nc2sc3c(c2c1Cc1cccc(OC)c1)CCCC3. The smallest absolute Gasteiger partial charge is 0.311 e. The van der Waals surface area contributed by atoms with Crippen molar-refractivity contribution >= 4 is 27.5 Å². The van der Waals surface area contributed by atoms with Gasteiger partial charge in [-0.3, -0.25) is 4.79 Å². The molecule has 0 radical (unpaired) electrons. The second-order valence-corrected chi connectivity index (χ2v) is 9.27. The maximum absolute atomic E-state index is 12.3. The van der Waals surface area contributed by atoms with Crippen molar-refractivity contribution < 1.29 is 14.6 Å². The van der Waals surface area contributed by atoms with Gasteiger partial charge in [0.2, 0.25) is 0 Å². The quantitative estimate of drug-likeness (QED) is 0.502. The summed E-state index contributed by atoms with van der Waals surface area (Å²) in [6.07, 6.45) is 6.75. The molecule has 0 spiro atoms. The number of hydrogen-bond acceptors (Lipinski definition) is 4. The summed E-state index contributed by atoms with van der Waals surface area (Å²) in [7, 11) is 1.68. The Hall–Kier alpha value is -2.40. The summed E-state index contributed by atoms with van der Waals surface area (Å²) >= 11 is 1.81. The van der Waals surface area contributed by atoms with Gasteiger partial charge in [0.05, 0.1) is 13.0 Å². The number of pyridine rings is 1. The highest BCUT2D eigenvalue weighted by Gasteiger charge is 2.29. The first-order chi connectivity index (χ1) is 14.5. The van der Waals surface area contributed by atoms with Crippen molar-refractivity contribution in [1.82, 2.24) is 4.98 Å². The van der Waals surface area contributed by atoms with Gasteiger partial charge >= 0.3 is 5.97 Å². The largest absolute Gasteiger partial charge is 0.497 e. The van der Waals surface area contributed by atoms with E-state index in [4.69, 9.17) is 9.72 Å². The molecule has 1 aromatic carbocycles. The Morgan fingerprint density at radius 3 is 2.83 bits per heavy atom. The summed E-state index contributed by atoms with van der Waals surface area (Å²) in [5.74, 6) is -0.449. The van der Waals surface area contributed by atoms with Gasteiger partial charge in [-0.2, -0.15) is 0 Å². The molecule has 0 bridgehead atoms. The number of rotatable bonds is 7. The summed E-state index contributed by atoms with van der Waals surface area (Å²) in [5.41, 5.74) is 5.49. The van der Waals surface area contributed by atoms with Gasteiger partial charge in [-0.05, 0) is 79.8 Å². The van der Waals surface area contributed by atoms with Crippen LogP contribution in [0.4, 0.5) is 0 Å². The zero-order valence-corrected chi connectivity index (χ0v) is 18.8. The van der Waals surface area contributed by atoms with Crippen LogP contribution < -0.4 is 4.74 Å². The van der Waals surface area contributed by atoms with Crippen LogP contribution in [-0.4, -0.2) is 23.2 Å². The number of aromatic nitrogens is 1. The number of methoxy groups -OCH3 is 1. The highest BCUT2D eigenvalue weighted by atomic mass is 32.1. The van der Waals surface area contributed by atoms with E-state index in [0.29, 0.717) is 12.8 Å². The predicted octanol–water partition coefficient (Wildman–Crippen LogP) is 6.05. The highest BCUT2D eigenvalue weighted by molar-refractivity contribution is 7.18. The molecule has 0 aliphatic heterocycles. The maximum Gasteiger partial charge on any atom is 0.311 e. The summed E-state index contributed by atoms with van der Waals surface area (Å²) in [5, 5.41) is 11.3. The van der Waals surface area contributed by atoms with Crippen molar-refractivity contribution in [3.05, 3.63) is 57.1 Å². The third kappa shape index (κ3) is 3.83. The minimum atomic E-state index is -0.753. The highest BCUT2D eigenvalue weighted by Crippen LogP contribution is 2.42. The predicted molar refractivity (Wildman–Crippen MR) is 122 cm³/mol. The normalized spacial score (nSPS) is 14.5. The lowest BCUT2D eigenvalue weighted by molar-refractivity contribution is -0.139. The molecule has 0 saturated carbocycles. The van der Waals surface area contributed by atoms with Gasteiger partial charge in [0.1, 0.15) is 10.6 Å². The van der Waals surface area contributed by atoms with Gasteiger partial charge in [0.15, 0.2) is 0 Å². The number of fused-ring (bicyclic) bond motifs is 3. The summed E-state index contributed by atoms with van der Waals surface area (Å²) < 4.78 is 5.43. The molecule has 30 heavy (non-hydrogen) atoms. The van der Waals surface area contributed by atoms with Crippen molar-refractivity contribution in [2.24, 2.45) is 0 Å². The van der Waals surface area contributed by atoms with Gasteiger partial charge in [-0.15, -0.1) is 11.3 Å². The molecule has 1 N–H and O–H groups in total. The van der Waals surface area contributed by atoms with Gasteiger partial charge in [-0.25, -0.2) is 4.98 Å². The van der Waals surface area contributed by atoms with Crippen LogP contribution in [-0.2, 0) is 24.1 Å².